The molecule has 0 aliphatic heterocycles. The molecular formula is C54H30O2S. The molecule has 3 heterocycles. The lowest BCUT2D eigenvalue weighted by Gasteiger charge is -2.18. The Balaban J connectivity index is 0.984. The van der Waals surface area contributed by atoms with Crippen molar-refractivity contribution < 1.29 is 8.83 Å². The van der Waals surface area contributed by atoms with Gasteiger partial charge in [-0.1, -0.05) is 140 Å². The van der Waals surface area contributed by atoms with Crippen LogP contribution in [0.3, 0.4) is 0 Å². The minimum atomic E-state index is 0.911. The van der Waals surface area contributed by atoms with Gasteiger partial charge >= 0.3 is 0 Å². The van der Waals surface area contributed by atoms with Crippen molar-refractivity contribution in [1.82, 2.24) is 0 Å². The van der Waals surface area contributed by atoms with Gasteiger partial charge in [0.2, 0.25) is 0 Å². The van der Waals surface area contributed by atoms with E-state index in [4.69, 9.17) is 8.83 Å². The van der Waals surface area contributed by atoms with E-state index < -0.39 is 0 Å². The molecule has 0 saturated carbocycles. The summed E-state index contributed by atoms with van der Waals surface area (Å²) in [6.07, 6.45) is 0. The molecule has 0 atom stereocenters. The van der Waals surface area contributed by atoms with Gasteiger partial charge in [0.1, 0.15) is 22.3 Å². The molecule has 13 aromatic rings. The Hall–Kier alpha value is -7.20. The number of benzene rings is 10. The SMILES string of the molecule is c1ccc2c(c1)oc1ccc(-c3c4ccccc4c(-c4ccc(-c5cc6sc7cc8c(cc7c6c6ccccc56)oc5ccccc58)cc4)c4ccccc34)cc12. The lowest BCUT2D eigenvalue weighted by molar-refractivity contribution is 0.669. The molecule has 2 nitrogen and oxygen atoms in total. The van der Waals surface area contributed by atoms with Crippen LogP contribution in [0.15, 0.2) is 191 Å². The fourth-order valence-corrected chi connectivity index (χ4v) is 10.7. The molecule has 0 fully saturated rings. The van der Waals surface area contributed by atoms with Gasteiger partial charge in [-0.3, -0.25) is 0 Å². The first-order valence-electron chi connectivity index (χ1n) is 19.4. The van der Waals surface area contributed by atoms with Crippen molar-refractivity contribution in [1.29, 1.82) is 0 Å². The zero-order valence-corrected chi connectivity index (χ0v) is 31.4. The summed E-state index contributed by atoms with van der Waals surface area (Å²) in [5.74, 6) is 0. The highest BCUT2D eigenvalue weighted by molar-refractivity contribution is 7.26. The average Bonchev–Trinajstić information content (AvgIpc) is 3.95. The highest BCUT2D eigenvalue weighted by Crippen LogP contribution is 2.47. The van der Waals surface area contributed by atoms with Gasteiger partial charge in [0, 0.05) is 41.7 Å². The van der Waals surface area contributed by atoms with E-state index in [0.717, 1.165) is 38.5 Å². The molecule has 0 aliphatic carbocycles. The van der Waals surface area contributed by atoms with Crippen LogP contribution in [0.5, 0.6) is 0 Å². The third kappa shape index (κ3) is 4.46. The quantitative estimate of drug-likeness (QED) is 0.169. The number of furan rings is 2. The van der Waals surface area contributed by atoms with Crippen LogP contribution in [0.25, 0.3) is 130 Å². The average molecular weight is 743 g/mol. The molecule has 0 N–H and O–H groups in total. The normalized spacial score (nSPS) is 12.2. The largest absolute Gasteiger partial charge is 0.456 e. The van der Waals surface area contributed by atoms with E-state index in [2.05, 4.69) is 164 Å². The fourth-order valence-electron chi connectivity index (χ4n) is 9.55. The van der Waals surface area contributed by atoms with E-state index in [1.54, 1.807) is 0 Å². The second-order valence-electron chi connectivity index (χ2n) is 15.1. The molecule has 264 valence electrons. The van der Waals surface area contributed by atoms with Crippen LogP contribution in [-0.2, 0) is 0 Å². The molecule has 3 aromatic heterocycles. The number of fused-ring (bicyclic) bond motifs is 13. The third-order valence-electron chi connectivity index (χ3n) is 12.1. The molecule has 0 spiro atoms. The maximum Gasteiger partial charge on any atom is 0.136 e. The summed E-state index contributed by atoms with van der Waals surface area (Å²) in [6, 6.07) is 66.1. The van der Waals surface area contributed by atoms with E-state index >= 15 is 0 Å². The topological polar surface area (TPSA) is 26.3 Å². The van der Waals surface area contributed by atoms with Crippen LogP contribution in [0.4, 0.5) is 0 Å². The Labute approximate surface area is 330 Å². The van der Waals surface area contributed by atoms with Gasteiger partial charge < -0.3 is 8.83 Å². The van der Waals surface area contributed by atoms with E-state index in [-0.39, 0.29) is 0 Å². The van der Waals surface area contributed by atoms with E-state index in [9.17, 15) is 0 Å². The molecule has 10 aromatic carbocycles. The first-order chi connectivity index (χ1) is 28.2. The molecule has 13 rings (SSSR count). The maximum absolute atomic E-state index is 6.34. The fraction of sp³-hybridized carbons (Fsp3) is 0. The third-order valence-corrected chi connectivity index (χ3v) is 13.2. The highest BCUT2D eigenvalue weighted by Gasteiger charge is 2.20. The van der Waals surface area contributed by atoms with Crippen LogP contribution in [-0.4, -0.2) is 0 Å². The van der Waals surface area contributed by atoms with Gasteiger partial charge in [-0.15, -0.1) is 11.3 Å². The Kier molecular flexibility index (Phi) is 6.35. The summed E-state index contributed by atoms with van der Waals surface area (Å²) in [4.78, 5) is 0. The predicted molar refractivity (Wildman–Crippen MR) is 243 cm³/mol. The van der Waals surface area contributed by atoms with Crippen LogP contribution < -0.4 is 0 Å². The van der Waals surface area contributed by atoms with Crippen molar-refractivity contribution in [3.05, 3.63) is 182 Å². The minimum absolute atomic E-state index is 0.911. The Morgan fingerprint density at radius 3 is 1.40 bits per heavy atom. The number of hydrogen-bond donors (Lipinski definition) is 0. The van der Waals surface area contributed by atoms with Crippen LogP contribution in [0.1, 0.15) is 0 Å². The van der Waals surface area contributed by atoms with Crippen molar-refractivity contribution in [3.63, 3.8) is 0 Å². The molecule has 0 saturated heterocycles. The first-order valence-corrected chi connectivity index (χ1v) is 20.2. The molecule has 3 heteroatoms. The molecule has 0 aliphatic rings. The van der Waals surface area contributed by atoms with Crippen molar-refractivity contribution >= 4 is 108 Å². The van der Waals surface area contributed by atoms with Gasteiger partial charge in [-0.25, -0.2) is 0 Å². The number of thiophene rings is 1. The summed E-state index contributed by atoms with van der Waals surface area (Å²) in [5, 5.41) is 14.7. The van der Waals surface area contributed by atoms with Crippen molar-refractivity contribution in [2.24, 2.45) is 0 Å². The molecule has 0 bridgehead atoms. The van der Waals surface area contributed by atoms with E-state index in [1.165, 1.54) is 91.3 Å². The van der Waals surface area contributed by atoms with E-state index in [0.29, 0.717) is 0 Å². The summed E-state index contributed by atoms with van der Waals surface area (Å²) >= 11 is 1.87. The summed E-state index contributed by atoms with van der Waals surface area (Å²) < 4.78 is 15.1. The molecule has 57 heavy (non-hydrogen) atoms. The molecule has 0 amide bonds. The Morgan fingerprint density at radius 2 is 0.754 bits per heavy atom. The van der Waals surface area contributed by atoms with Gasteiger partial charge in [0.25, 0.3) is 0 Å². The molecular weight excluding hydrogens is 713 g/mol. The van der Waals surface area contributed by atoms with E-state index in [1.807, 2.05) is 29.5 Å². The predicted octanol–water partition coefficient (Wildman–Crippen LogP) is 16.3. The first kappa shape index (κ1) is 31.1. The smallest absolute Gasteiger partial charge is 0.136 e. The van der Waals surface area contributed by atoms with Crippen LogP contribution in [0, 0.1) is 0 Å². The van der Waals surface area contributed by atoms with Gasteiger partial charge in [0.05, 0.1) is 0 Å². The van der Waals surface area contributed by atoms with Gasteiger partial charge in [0.15, 0.2) is 0 Å². The lowest BCUT2D eigenvalue weighted by Crippen LogP contribution is -1.91. The Bertz CT molecular complexity index is 3750. The van der Waals surface area contributed by atoms with Crippen LogP contribution >= 0.6 is 11.3 Å². The van der Waals surface area contributed by atoms with Crippen molar-refractivity contribution in [3.8, 4) is 33.4 Å². The maximum atomic E-state index is 6.34. The Morgan fingerprint density at radius 1 is 0.281 bits per heavy atom. The minimum Gasteiger partial charge on any atom is -0.456 e. The highest BCUT2D eigenvalue weighted by atomic mass is 32.1. The monoisotopic (exact) mass is 742 g/mol. The molecule has 0 radical (unpaired) electrons. The zero-order valence-electron chi connectivity index (χ0n) is 30.5. The summed E-state index contributed by atoms with van der Waals surface area (Å²) in [6.45, 7) is 0. The van der Waals surface area contributed by atoms with Crippen LogP contribution in [0.2, 0.25) is 0 Å². The summed E-state index contributed by atoms with van der Waals surface area (Å²) in [7, 11) is 0. The second-order valence-corrected chi connectivity index (χ2v) is 16.2. The standard InChI is InChI=1S/C54H30O2S/c1-2-14-37-34(11-1)42(29-51-54(37)45-28-49-44(30-50(45)57-51)36-13-8-10-20-47(36)56-49)31-21-23-32(24-22-31)52-38-15-3-5-17-40(38)53(41-18-6-4-16-39(41)52)33-25-26-48-43(27-33)35-12-7-9-19-46(35)55-48/h1-30H. The zero-order chi connectivity index (χ0) is 37.2. The van der Waals surface area contributed by atoms with Gasteiger partial charge in [-0.2, -0.15) is 0 Å². The number of rotatable bonds is 3. The summed E-state index contributed by atoms with van der Waals surface area (Å²) in [5.41, 5.74) is 11.1. The lowest BCUT2D eigenvalue weighted by atomic mass is 9.85. The van der Waals surface area contributed by atoms with Crippen molar-refractivity contribution in [2.75, 3.05) is 0 Å². The van der Waals surface area contributed by atoms with Gasteiger partial charge in [-0.05, 0) is 108 Å². The van der Waals surface area contributed by atoms with Crippen molar-refractivity contribution in [2.45, 2.75) is 0 Å². The number of hydrogen-bond acceptors (Lipinski definition) is 3. The number of para-hydroxylation sites is 2. The second kappa shape index (κ2) is 11.7. The molecule has 0 unspecified atom stereocenters.